The van der Waals surface area contributed by atoms with E-state index in [9.17, 15) is 24.2 Å². The van der Waals surface area contributed by atoms with E-state index in [1.54, 1.807) is 31.2 Å². The van der Waals surface area contributed by atoms with Crippen LogP contribution >= 0.6 is 7.37 Å². The lowest BCUT2D eigenvalue weighted by Gasteiger charge is -2.25. The number of benzene rings is 2. The number of carboxylic acid groups (broad SMARTS) is 1. The lowest BCUT2D eigenvalue weighted by Crippen LogP contribution is -2.46. The largest absolute Gasteiger partial charge is 0.480 e. The fourth-order valence-corrected chi connectivity index (χ4v) is 4.98. The minimum absolute atomic E-state index is 0.116. The van der Waals surface area contributed by atoms with Crippen LogP contribution in [0.4, 0.5) is 0 Å². The zero-order valence-corrected chi connectivity index (χ0v) is 17.9. The molecule has 0 saturated heterocycles. The molecule has 0 aliphatic heterocycles. The molecule has 1 amide bonds. The molecule has 2 rings (SSSR count). The van der Waals surface area contributed by atoms with E-state index in [1.165, 1.54) is 0 Å². The molecule has 0 bridgehead atoms. The van der Waals surface area contributed by atoms with Gasteiger partial charge in [0.2, 0.25) is 13.3 Å². The molecule has 0 saturated carbocycles. The standard InChI is InChI=1S/C22H29N2O5P/c1-2-20(23)30(28,29)15-18(13-16-9-5-3-6-10-16)21(25)24-19(22(26)27)14-17-11-7-4-8-12-17/h3-12,18-20H,2,13-15,23H2,1H3,(H,24,25)(H,26,27)(H,28,29)/t18-,19+,20?/m1/s1. The molecule has 2 unspecified atom stereocenters. The Kier molecular flexibility index (Phi) is 8.78. The third kappa shape index (κ3) is 7.10. The topological polar surface area (TPSA) is 130 Å². The Morgan fingerprint density at radius 3 is 1.97 bits per heavy atom. The highest BCUT2D eigenvalue weighted by Gasteiger charge is 2.34. The van der Waals surface area contributed by atoms with Crippen molar-refractivity contribution in [2.24, 2.45) is 11.7 Å². The van der Waals surface area contributed by atoms with Gasteiger partial charge in [-0.1, -0.05) is 67.6 Å². The van der Waals surface area contributed by atoms with E-state index in [1.807, 2.05) is 36.4 Å². The first kappa shape index (κ1) is 23.8. The highest BCUT2D eigenvalue weighted by molar-refractivity contribution is 7.58. The quantitative estimate of drug-likeness (QED) is 0.404. The molecular formula is C22H29N2O5P. The third-order valence-corrected chi connectivity index (χ3v) is 7.38. The average molecular weight is 432 g/mol. The molecule has 4 atom stereocenters. The Morgan fingerprint density at radius 2 is 1.50 bits per heavy atom. The molecule has 2 aromatic carbocycles. The Labute approximate surface area is 176 Å². The van der Waals surface area contributed by atoms with Crippen molar-refractivity contribution in [3.05, 3.63) is 71.8 Å². The minimum Gasteiger partial charge on any atom is -0.480 e. The molecule has 162 valence electrons. The van der Waals surface area contributed by atoms with Gasteiger partial charge >= 0.3 is 5.97 Å². The lowest BCUT2D eigenvalue weighted by molar-refractivity contribution is -0.142. The number of aliphatic carboxylic acids is 1. The smallest absolute Gasteiger partial charge is 0.326 e. The molecule has 30 heavy (non-hydrogen) atoms. The molecule has 2 aromatic rings. The van der Waals surface area contributed by atoms with Crippen LogP contribution in [-0.2, 0) is 27.0 Å². The molecule has 7 nitrogen and oxygen atoms in total. The minimum atomic E-state index is -3.79. The summed E-state index contributed by atoms with van der Waals surface area (Å²) in [6.07, 6.45) is 0.330. The van der Waals surface area contributed by atoms with Crippen LogP contribution < -0.4 is 11.1 Å². The maximum absolute atomic E-state index is 13.0. The molecule has 0 aliphatic carbocycles. The molecule has 5 N–H and O–H groups in total. The Bertz CT molecular complexity index is 876. The molecule has 0 radical (unpaired) electrons. The van der Waals surface area contributed by atoms with E-state index < -0.39 is 37.0 Å². The lowest BCUT2D eigenvalue weighted by atomic mass is 9.99. The highest BCUT2D eigenvalue weighted by Crippen LogP contribution is 2.47. The van der Waals surface area contributed by atoms with Crippen molar-refractivity contribution in [3.8, 4) is 0 Å². The molecule has 0 aromatic heterocycles. The summed E-state index contributed by atoms with van der Waals surface area (Å²) in [5.74, 6) is -3.54. The van der Waals surface area contributed by atoms with Crippen LogP contribution in [0.15, 0.2) is 60.7 Å². The van der Waals surface area contributed by atoms with E-state index >= 15 is 0 Å². The van der Waals surface area contributed by atoms with Crippen LogP contribution in [0.5, 0.6) is 0 Å². The summed E-state index contributed by atoms with van der Waals surface area (Å²) < 4.78 is 12.7. The van der Waals surface area contributed by atoms with E-state index in [4.69, 9.17) is 5.73 Å². The Hall–Kier alpha value is -2.47. The van der Waals surface area contributed by atoms with Gasteiger partial charge in [0.25, 0.3) is 0 Å². The van der Waals surface area contributed by atoms with E-state index in [0.717, 1.165) is 11.1 Å². The van der Waals surface area contributed by atoms with Crippen LogP contribution in [0.2, 0.25) is 0 Å². The molecule has 0 spiro atoms. The average Bonchev–Trinajstić information content (AvgIpc) is 2.73. The second-order valence-corrected chi connectivity index (χ2v) is 9.93. The summed E-state index contributed by atoms with van der Waals surface area (Å²) in [4.78, 5) is 35.1. The first-order chi connectivity index (χ1) is 14.2. The summed E-state index contributed by atoms with van der Waals surface area (Å²) in [7, 11) is -3.79. The zero-order chi connectivity index (χ0) is 22.1. The van der Waals surface area contributed by atoms with Crippen molar-refractivity contribution in [2.75, 3.05) is 6.16 Å². The monoisotopic (exact) mass is 432 g/mol. The molecule has 0 fully saturated rings. The normalized spacial score (nSPS) is 16.1. The Morgan fingerprint density at radius 1 is 1.00 bits per heavy atom. The molecule has 0 aliphatic rings. The number of hydrogen-bond donors (Lipinski definition) is 4. The predicted molar refractivity (Wildman–Crippen MR) is 116 cm³/mol. The summed E-state index contributed by atoms with van der Waals surface area (Å²) in [5, 5.41) is 12.1. The number of carbonyl (C=O) groups is 2. The van der Waals surface area contributed by atoms with Gasteiger partial charge < -0.3 is 21.1 Å². The Balaban J connectivity index is 2.21. The van der Waals surface area contributed by atoms with Crippen LogP contribution in [0.3, 0.4) is 0 Å². The van der Waals surface area contributed by atoms with Gasteiger partial charge in [-0.05, 0) is 24.0 Å². The van der Waals surface area contributed by atoms with Crippen LogP contribution in [0.25, 0.3) is 0 Å². The van der Waals surface area contributed by atoms with Gasteiger partial charge in [-0.15, -0.1) is 0 Å². The van der Waals surface area contributed by atoms with Crippen molar-refractivity contribution in [3.63, 3.8) is 0 Å². The summed E-state index contributed by atoms with van der Waals surface area (Å²) in [6.45, 7) is 1.71. The maximum Gasteiger partial charge on any atom is 0.326 e. The maximum atomic E-state index is 13.0. The van der Waals surface area contributed by atoms with E-state index in [-0.39, 0.29) is 19.0 Å². The summed E-state index contributed by atoms with van der Waals surface area (Å²) in [6, 6.07) is 16.9. The predicted octanol–water partition coefficient (Wildman–Crippen LogP) is 2.62. The van der Waals surface area contributed by atoms with Gasteiger partial charge in [0.1, 0.15) is 6.04 Å². The van der Waals surface area contributed by atoms with Gasteiger partial charge in [-0.2, -0.15) is 0 Å². The van der Waals surface area contributed by atoms with Crippen LogP contribution in [0.1, 0.15) is 24.5 Å². The van der Waals surface area contributed by atoms with E-state index in [2.05, 4.69) is 5.32 Å². The summed E-state index contributed by atoms with van der Waals surface area (Å²) in [5.41, 5.74) is 7.39. The number of amides is 1. The van der Waals surface area contributed by atoms with E-state index in [0.29, 0.717) is 6.42 Å². The van der Waals surface area contributed by atoms with Crippen molar-refractivity contribution in [2.45, 2.75) is 38.0 Å². The first-order valence-corrected chi connectivity index (χ1v) is 11.8. The molecular weight excluding hydrogens is 403 g/mol. The molecule has 8 heteroatoms. The van der Waals surface area contributed by atoms with Crippen LogP contribution in [0, 0.1) is 5.92 Å². The van der Waals surface area contributed by atoms with Crippen molar-refractivity contribution < 1.29 is 24.2 Å². The van der Waals surface area contributed by atoms with Crippen molar-refractivity contribution in [1.29, 1.82) is 0 Å². The summed E-state index contributed by atoms with van der Waals surface area (Å²) >= 11 is 0. The SMILES string of the molecule is CCC(N)P(=O)(O)C[C@@H](Cc1ccccc1)C(=O)N[C@@H](Cc1ccccc1)C(=O)O. The number of carboxylic acids is 1. The van der Waals surface area contributed by atoms with Gasteiger partial charge in [-0.3, -0.25) is 9.36 Å². The number of carbonyl (C=O) groups excluding carboxylic acids is 1. The van der Waals surface area contributed by atoms with Crippen LogP contribution in [-0.4, -0.2) is 39.9 Å². The molecule has 0 heterocycles. The first-order valence-electron chi connectivity index (χ1n) is 9.91. The fourth-order valence-electron chi connectivity index (χ4n) is 3.21. The third-order valence-electron chi connectivity index (χ3n) is 5.01. The van der Waals surface area contributed by atoms with Crippen molar-refractivity contribution >= 4 is 19.2 Å². The van der Waals surface area contributed by atoms with Gasteiger partial charge in [0.05, 0.1) is 11.7 Å². The van der Waals surface area contributed by atoms with Gasteiger partial charge in [0, 0.05) is 12.6 Å². The van der Waals surface area contributed by atoms with Crippen molar-refractivity contribution in [1.82, 2.24) is 5.32 Å². The second kappa shape index (κ2) is 11.1. The second-order valence-electron chi connectivity index (χ2n) is 7.39. The van der Waals surface area contributed by atoms with Gasteiger partial charge in [0.15, 0.2) is 0 Å². The number of rotatable bonds is 11. The number of nitrogens with one attached hydrogen (secondary N) is 1. The zero-order valence-electron chi connectivity index (χ0n) is 17.0. The number of nitrogens with two attached hydrogens (primary N) is 1. The highest BCUT2D eigenvalue weighted by atomic mass is 31.2. The fraction of sp³-hybridized carbons (Fsp3) is 0.364. The number of hydrogen-bond acceptors (Lipinski definition) is 4. The van der Waals surface area contributed by atoms with Gasteiger partial charge in [-0.25, -0.2) is 4.79 Å².